The lowest BCUT2D eigenvalue weighted by Gasteiger charge is -2.23. The molecule has 0 saturated carbocycles. The van der Waals surface area contributed by atoms with Gasteiger partial charge in [-0.1, -0.05) is 0 Å². The molecule has 0 aliphatic heterocycles. The highest BCUT2D eigenvalue weighted by atomic mass is 16.4. The van der Waals surface area contributed by atoms with Crippen molar-refractivity contribution in [3.8, 4) is 0 Å². The molecule has 0 unspecified atom stereocenters. The van der Waals surface area contributed by atoms with Crippen LogP contribution in [0.15, 0.2) is 18.3 Å². The molecule has 0 radical (unpaired) electrons. The molecule has 1 rings (SSSR count). The first-order valence-corrected chi connectivity index (χ1v) is 6.63. The summed E-state index contributed by atoms with van der Waals surface area (Å²) in [5.41, 5.74) is -0.0124. The Balaban J connectivity index is 2.81. The second-order valence-corrected chi connectivity index (χ2v) is 4.46. The summed E-state index contributed by atoms with van der Waals surface area (Å²) in [5.74, 6) is -1.78. The SMILES string of the molecule is CCN(CC)C(=O)CN(C)C(=O)c1cc(C(=O)O)ccn1. The van der Waals surface area contributed by atoms with E-state index in [9.17, 15) is 14.4 Å². The molecule has 1 aromatic rings. The summed E-state index contributed by atoms with van der Waals surface area (Å²) in [7, 11) is 1.48. The van der Waals surface area contributed by atoms with Gasteiger partial charge in [-0.3, -0.25) is 14.6 Å². The lowest BCUT2D eigenvalue weighted by molar-refractivity contribution is -0.131. The van der Waals surface area contributed by atoms with Gasteiger partial charge in [0, 0.05) is 26.3 Å². The summed E-state index contributed by atoms with van der Waals surface area (Å²) in [5, 5.41) is 8.90. The minimum atomic E-state index is -1.13. The third-order valence-corrected chi connectivity index (χ3v) is 3.06. The zero-order valence-electron chi connectivity index (χ0n) is 12.4. The Morgan fingerprint density at radius 2 is 1.86 bits per heavy atom. The van der Waals surface area contributed by atoms with Crippen molar-refractivity contribution in [2.75, 3.05) is 26.7 Å². The lowest BCUT2D eigenvalue weighted by atomic mass is 10.2. The number of carbonyl (C=O) groups excluding carboxylic acids is 2. The Morgan fingerprint density at radius 1 is 1.24 bits per heavy atom. The fourth-order valence-electron chi connectivity index (χ4n) is 1.83. The first-order valence-electron chi connectivity index (χ1n) is 6.63. The number of pyridine rings is 1. The number of hydrogen-bond acceptors (Lipinski definition) is 4. The molecule has 0 aliphatic rings. The smallest absolute Gasteiger partial charge is 0.335 e. The zero-order chi connectivity index (χ0) is 16.0. The van der Waals surface area contributed by atoms with Crippen molar-refractivity contribution >= 4 is 17.8 Å². The molecule has 21 heavy (non-hydrogen) atoms. The molecule has 0 aliphatic carbocycles. The highest BCUT2D eigenvalue weighted by Crippen LogP contribution is 2.05. The number of aromatic carboxylic acids is 1. The third kappa shape index (κ3) is 4.27. The first-order chi connectivity index (χ1) is 9.90. The molecular formula is C14H19N3O4. The van der Waals surface area contributed by atoms with Crippen LogP contribution >= 0.6 is 0 Å². The van der Waals surface area contributed by atoms with Crippen molar-refractivity contribution in [1.29, 1.82) is 0 Å². The number of nitrogens with zero attached hydrogens (tertiary/aromatic N) is 3. The van der Waals surface area contributed by atoms with Crippen LogP contribution in [0.5, 0.6) is 0 Å². The van der Waals surface area contributed by atoms with Crippen LogP contribution in [0.4, 0.5) is 0 Å². The van der Waals surface area contributed by atoms with Crippen molar-refractivity contribution in [3.63, 3.8) is 0 Å². The van der Waals surface area contributed by atoms with Crippen molar-refractivity contribution in [2.45, 2.75) is 13.8 Å². The third-order valence-electron chi connectivity index (χ3n) is 3.06. The molecule has 1 heterocycles. The maximum absolute atomic E-state index is 12.2. The van der Waals surface area contributed by atoms with Gasteiger partial charge in [0.2, 0.25) is 5.91 Å². The molecule has 2 amide bonds. The number of amides is 2. The van der Waals surface area contributed by atoms with Crippen molar-refractivity contribution < 1.29 is 19.5 Å². The topological polar surface area (TPSA) is 90.8 Å². The Labute approximate surface area is 123 Å². The van der Waals surface area contributed by atoms with Crippen LogP contribution in [0, 0.1) is 0 Å². The van der Waals surface area contributed by atoms with Crippen LogP contribution in [0.1, 0.15) is 34.7 Å². The molecule has 0 spiro atoms. The second-order valence-electron chi connectivity index (χ2n) is 4.46. The predicted molar refractivity (Wildman–Crippen MR) is 76.1 cm³/mol. The lowest BCUT2D eigenvalue weighted by Crippen LogP contribution is -2.41. The van der Waals surface area contributed by atoms with Gasteiger partial charge in [-0.05, 0) is 26.0 Å². The van der Waals surface area contributed by atoms with Gasteiger partial charge in [-0.2, -0.15) is 0 Å². The van der Waals surface area contributed by atoms with Crippen molar-refractivity contribution in [3.05, 3.63) is 29.6 Å². The number of rotatable bonds is 6. The Bertz CT molecular complexity index is 541. The van der Waals surface area contributed by atoms with Crippen molar-refractivity contribution in [2.24, 2.45) is 0 Å². The summed E-state index contributed by atoms with van der Waals surface area (Å²) < 4.78 is 0. The van der Waals surface area contributed by atoms with E-state index in [2.05, 4.69) is 4.98 Å². The zero-order valence-corrected chi connectivity index (χ0v) is 12.4. The number of carboxylic acids is 1. The average Bonchev–Trinajstić information content (AvgIpc) is 2.47. The van der Waals surface area contributed by atoms with Crippen LogP contribution in [-0.2, 0) is 4.79 Å². The molecule has 0 saturated heterocycles. The molecule has 7 nitrogen and oxygen atoms in total. The number of aromatic nitrogens is 1. The highest BCUT2D eigenvalue weighted by Gasteiger charge is 2.19. The maximum Gasteiger partial charge on any atom is 0.335 e. The quantitative estimate of drug-likeness (QED) is 0.834. The fourth-order valence-corrected chi connectivity index (χ4v) is 1.83. The summed E-state index contributed by atoms with van der Waals surface area (Å²) in [6.07, 6.45) is 1.26. The molecule has 0 fully saturated rings. The standard InChI is InChI=1S/C14H19N3O4/c1-4-17(5-2)12(18)9-16(3)13(19)11-8-10(14(20)21)6-7-15-11/h6-8H,4-5,9H2,1-3H3,(H,20,21). The van der Waals surface area contributed by atoms with Gasteiger partial charge < -0.3 is 14.9 Å². The average molecular weight is 293 g/mol. The molecule has 114 valence electrons. The number of likely N-dealkylation sites (N-methyl/N-ethyl adjacent to an activating group) is 2. The Morgan fingerprint density at radius 3 is 2.38 bits per heavy atom. The van der Waals surface area contributed by atoms with Gasteiger partial charge in [0.25, 0.3) is 5.91 Å². The molecular weight excluding hydrogens is 274 g/mol. The van der Waals surface area contributed by atoms with Gasteiger partial charge in [-0.15, -0.1) is 0 Å². The van der Waals surface area contributed by atoms with Gasteiger partial charge in [0.05, 0.1) is 12.1 Å². The Hall–Kier alpha value is -2.44. The summed E-state index contributed by atoms with van der Waals surface area (Å²) in [6, 6.07) is 2.50. The highest BCUT2D eigenvalue weighted by molar-refractivity contribution is 5.97. The Kier molecular flexibility index (Phi) is 5.83. The van der Waals surface area contributed by atoms with Crippen LogP contribution in [0.3, 0.4) is 0 Å². The van der Waals surface area contributed by atoms with E-state index in [1.165, 1.54) is 30.3 Å². The minimum absolute atomic E-state index is 0.00440. The molecule has 0 atom stereocenters. The van der Waals surface area contributed by atoms with E-state index in [0.29, 0.717) is 13.1 Å². The van der Waals surface area contributed by atoms with Gasteiger partial charge in [0.15, 0.2) is 0 Å². The van der Waals surface area contributed by atoms with Crippen LogP contribution in [0.2, 0.25) is 0 Å². The van der Waals surface area contributed by atoms with E-state index in [1.54, 1.807) is 4.90 Å². The van der Waals surface area contributed by atoms with E-state index in [4.69, 9.17) is 5.11 Å². The van der Waals surface area contributed by atoms with Crippen LogP contribution in [0.25, 0.3) is 0 Å². The molecule has 7 heteroatoms. The van der Waals surface area contributed by atoms with E-state index in [1.807, 2.05) is 13.8 Å². The van der Waals surface area contributed by atoms with Crippen molar-refractivity contribution in [1.82, 2.24) is 14.8 Å². The van der Waals surface area contributed by atoms with Gasteiger partial charge in [-0.25, -0.2) is 4.79 Å². The van der Waals surface area contributed by atoms with Gasteiger partial charge in [0.1, 0.15) is 5.69 Å². The minimum Gasteiger partial charge on any atom is -0.478 e. The maximum atomic E-state index is 12.2. The fraction of sp³-hybridized carbons (Fsp3) is 0.429. The van der Waals surface area contributed by atoms with E-state index in [0.717, 1.165) is 0 Å². The normalized spacial score (nSPS) is 10.0. The molecule has 0 bridgehead atoms. The van der Waals surface area contributed by atoms with E-state index < -0.39 is 11.9 Å². The predicted octanol–water partition coefficient (Wildman–Crippen LogP) is 0.720. The summed E-state index contributed by atoms with van der Waals surface area (Å²) >= 11 is 0. The largest absolute Gasteiger partial charge is 0.478 e. The van der Waals surface area contributed by atoms with Crippen LogP contribution in [-0.4, -0.2) is 64.4 Å². The monoisotopic (exact) mass is 293 g/mol. The molecule has 1 N–H and O–H groups in total. The number of hydrogen-bond donors (Lipinski definition) is 1. The van der Waals surface area contributed by atoms with Crippen LogP contribution < -0.4 is 0 Å². The number of carbonyl (C=O) groups is 3. The molecule has 0 aromatic carbocycles. The molecule has 1 aromatic heterocycles. The first kappa shape index (κ1) is 16.6. The van der Waals surface area contributed by atoms with E-state index in [-0.39, 0.29) is 23.7 Å². The summed E-state index contributed by atoms with van der Waals surface area (Å²) in [4.78, 5) is 41.7. The second kappa shape index (κ2) is 7.37. The number of carboxylic acid groups (broad SMARTS) is 1. The van der Waals surface area contributed by atoms with Gasteiger partial charge >= 0.3 is 5.97 Å². The van der Waals surface area contributed by atoms with E-state index >= 15 is 0 Å². The summed E-state index contributed by atoms with van der Waals surface area (Å²) in [6.45, 7) is 4.80.